The number of aliphatic imine (C=N–C) groups is 1. The van der Waals surface area contributed by atoms with Crippen LogP contribution in [0.5, 0.6) is 0 Å². The highest BCUT2D eigenvalue weighted by Gasteiger charge is 2.21. The summed E-state index contributed by atoms with van der Waals surface area (Å²) in [6.07, 6.45) is 7.88. The molecule has 1 heterocycles. The second kappa shape index (κ2) is 12.7. The van der Waals surface area contributed by atoms with Crippen molar-refractivity contribution >= 4 is 29.9 Å². The van der Waals surface area contributed by atoms with Crippen molar-refractivity contribution in [2.75, 3.05) is 40.3 Å². The summed E-state index contributed by atoms with van der Waals surface area (Å²) in [6, 6.07) is 10.0. The van der Waals surface area contributed by atoms with Crippen molar-refractivity contribution in [2.45, 2.75) is 64.1 Å². The summed E-state index contributed by atoms with van der Waals surface area (Å²) in [4.78, 5) is 9.53. The number of likely N-dealkylation sites (tertiary alicyclic amines) is 1. The minimum absolute atomic E-state index is 0. The number of halogens is 1. The zero-order chi connectivity index (χ0) is 19.8. The number of guanidine groups is 1. The number of benzene rings is 1. The van der Waals surface area contributed by atoms with Crippen LogP contribution in [0.2, 0.25) is 0 Å². The number of likely N-dealkylation sites (N-methyl/N-ethyl adjacent to an activating group) is 1. The quantitative estimate of drug-likeness (QED) is 0.332. The van der Waals surface area contributed by atoms with Gasteiger partial charge >= 0.3 is 0 Å². The van der Waals surface area contributed by atoms with E-state index >= 15 is 0 Å². The molecule has 2 aliphatic rings. The van der Waals surface area contributed by atoms with Gasteiger partial charge in [-0.2, -0.15) is 0 Å². The maximum absolute atomic E-state index is 4.44. The zero-order valence-corrected chi connectivity index (χ0v) is 20.8. The molecule has 0 atom stereocenters. The van der Waals surface area contributed by atoms with Gasteiger partial charge in [-0.25, -0.2) is 0 Å². The highest BCUT2D eigenvalue weighted by Crippen LogP contribution is 2.21. The highest BCUT2D eigenvalue weighted by molar-refractivity contribution is 14.0. The molecule has 5 nitrogen and oxygen atoms in total. The van der Waals surface area contributed by atoms with Gasteiger partial charge in [-0.1, -0.05) is 37.1 Å². The van der Waals surface area contributed by atoms with Crippen molar-refractivity contribution in [3.05, 3.63) is 35.4 Å². The van der Waals surface area contributed by atoms with Crippen LogP contribution in [0.4, 0.5) is 0 Å². The molecule has 0 amide bonds. The topological polar surface area (TPSA) is 42.9 Å². The zero-order valence-electron chi connectivity index (χ0n) is 18.5. The molecule has 1 saturated heterocycles. The molecule has 2 N–H and O–H groups in total. The minimum atomic E-state index is 0. The van der Waals surface area contributed by atoms with Crippen LogP contribution in [0.1, 0.15) is 49.7 Å². The van der Waals surface area contributed by atoms with Crippen molar-refractivity contribution in [2.24, 2.45) is 4.99 Å². The van der Waals surface area contributed by atoms with Gasteiger partial charge in [-0.15, -0.1) is 24.0 Å². The van der Waals surface area contributed by atoms with Gasteiger partial charge in [0.05, 0.1) is 0 Å². The fourth-order valence-electron chi connectivity index (χ4n) is 4.53. The van der Waals surface area contributed by atoms with Crippen molar-refractivity contribution in [1.82, 2.24) is 20.4 Å². The molecule has 164 valence electrons. The second-order valence-corrected chi connectivity index (χ2v) is 8.54. The van der Waals surface area contributed by atoms with Crippen molar-refractivity contribution in [1.29, 1.82) is 0 Å². The summed E-state index contributed by atoms with van der Waals surface area (Å²) in [7, 11) is 4.14. The molecule has 1 aromatic carbocycles. The Hall–Kier alpha value is -0.860. The third-order valence-corrected chi connectivity index (χ3v) is 6.51. The molecule has 0 aromatic heterocycles. The van der Waals surface area contributed by atoms with Gasteiger partial charge in [0, 0.05) is 51.9 Å². The Balaban J connectivity index is 0.00000300. The number of nitrogens with one attached hydrogen (secondary N) is 2. The average Bonchev–Trinajstić information content (AvgIpc) is 3.25. The Bertz CT molecular complexity index is 621. The van der Waals surface area contributed by atoms with E-state index < -0.39 is 0 Å². The summed E-state index contributed by atoms with van der Waals surface area (Å²) < 4.78 is 0. The lowest BCUT2D eigenvalue weighted by molar-refractivity contribution is 0.198. The molecule has 1 aliphatic heterocycles. The summed E-state index contributed by atoms with van der Waals surface area (Å²) in [5, 5.41) is 7.15. The number of aryl methyl sites for hydroxylation is 1. The molecule has 29 heavy (non-hydrogen) atoms. The molecule has 0 unspecified atom stereocenters. The third kappa shape index (κ3) is 7.72. The van der Waals surface area contributed by atoms with E-state index in [9.17, 15) is 0 Å². The van der Waals surface area contributed by atoms with E-state index in [0.29, 0.717) is 6.04 Å². The number of rotatable bonds is 7. The Kier molecular flexibility index (Phi) is 10.7. The smallest absolute Gasteiger partial charge is 0.191 e. The van der Waals surface area contributed by atoms with Crippen LogP contribution < -0.4 is 10.6 Å². The standard InChI is InChI=1S/C23H39N5.HI/c1-19-8-4-5-9-20(19)18-28-15-12-21(13-16-28)26-23(24-2)25-14-17-27(3)22-10-6-7-11-22;/h4-5,8-9,21-22H,6-7,10-18H2,1-3H3,(H2,24,25,26);1H. The van der Waals surface area contributed by atoms with E-state index in [-0.39, 0.29) is 24.0 Å². The monoisotopic (exact) mass is 513 g/mol. The Labute approximate surface area is 194 Å². The number of nitrogens with zero attached hydrogens (tertiary/aromatic N) is 3. The third-order valence-electron chi connectivity index (χ3n) is 6.51. The van der Waals surface area contributed by atoms with Gasteiger partial charge in [0.1, 0.15) is 0 Å². The van der Waals surface area contributed by atoms with Crippen LogP contribution in [0.25, 0.3) is 0 Å². The number of piperidine rings is 1. The molecule has 2 fully saturated rings. The van der Waals surface area contributed by atoms with Crippen molar-refractivity contribution in [3.8, 4) is 0 Å². The van der Waals surface area contributed by atoms with Gasteiger partial charge in [0.25, 0.3) is 0 Å². The van der Waals surface area contributed by atoms with Crippen LogP contribution in [-0.2, 0) is 6.54 Å². The molecule has 1 aliphatic carbocycles. The molecule has 0 spiro atoms. The van der Waals surface area contributed by atoms with E-state index in [0.717, 1.165) is 44.7 Å². The predicted octanol–water partition coefficient (Wildman–Crippen LogP) is 3.62. The van der Waals surface area contributed by atoms with Gasteiger partial charge in [0.15, 0.2) is 5.96 Å². The SMILES string of the molecule is CN=C(NCCN(C)C1CCCC1)NC1CCN(Cc2ccccc2C)CC1.I. The molecule has 0 bridgehead atoms. The van der Waals surface area contributed by atoms with Crippen LogP contribution in [0.15, 0.2) is 29.3 Å². The van der Waals surface area contributed by atoms with E-state index in [1.807, 2.05) is 7.05 Å². The Morgan fingerprint density at radius 2 is 1.83 bits per heavy atom. The maximum atomic E-state index is 4.44. The van der Waals surface area contributed by atoms with Crippen LogP contribution in [-0.4, -0.2) is 68.1 Å². The summed E-state index contributed by atoms with van der Waals surface area (Å²) >= 11 is 0. The number of hydrogen-bond acceptors (Lipinski definition) is 3. The lowest BCUT2D eigenvalue weighted by atomic mass is 10.0. The average molecular weight is 514 g/mol. The largest absolute Gasteiger partial charge is 0.355 e. The maximum Gasteiger partial charge on any atom is 0.191 e. The predicted molar refractivity (Wildman–Crippen MR) is 134 cm³/mol. The first kappa shape index (κ1) is 24.4. The van der Waals surface area contributed by atoms with E-state index in [4.69, 9.17) is 0 Å². The molecule has 1 aromatic rings. The van der Waals surface area contributed by atoms with Crippen molar-refractivity contribution in [3.63, 3.8) is 0 Å². The lowest BCUT2D eigenvalue weighted by Gasteiger charge is -2.33. The first-order valence-electron chi connectivity index (χ1n) is 11.1. The van der Waals surface area contributed by atoms with Crippen LogP contribution >= 0.6 is 24.0 Å². The van der Waals surface area contributed by atoms with Gasteiger partial charge < -0.3 is 15.5 Å². The molecule has 1 saturated carbocycles. The van der Waals surface area contributed by atoms with Crippen LogP contribution in [0, 0.1) is 6.92 Å². The first-order valence-corrected chi connectivity index (χ1v) is 11.1. The lowest BCUT2D eigenvalue weighted by Crippen LogP contribution is -2.49. The summed E-state index contributed by atoms with van der Waals surface area (Å²) in [5.41, 5.74) is 2.85. The second-order valence-electron chi connectivity index (χ2n) is 8.54. The van der Waals surface area contributed by atoms with Gasteiger partial charge in [0.2, 0.25) is 0 Å². The van der Waals surface area contributed by atoms with Crippen molar-refractivity contribution < 1.29 is 0 Å². The summed E-state index contributed by atoms with van der Waals surface area (Å²) in [6.45, 7) is 7.61. The van der Waals surface area contributed by atoms with Gasteiger partial charge in [-0.3, -0.25) is 9.89 Å². The van der Waals surface area contributed by atoms with E-state index in [1.165, 1.54) is 49.7 Å². The minimum Gasteiger partial charge on any atom is -0.355 e. The Morgan fingerprint density at radius 1 is 1.14 bits per heavy atom. The molecule has 0 radical (unpaired) electrons. The van der Waals surface area contributed by atoms with Crippen LogP contribution in [0.3, 0.4) is 0 Å². The first-order chi connectivity index (χ1) is 13.7. The fraction of sp³-hybridized carbons (Fsp3) is 0.696. The van der Waals surface area contributed by atoms with Gasteiger partial charge in [-0.05, 0) is 50.8 Å². The number of hydrogen-bond donors (Lipinski definition) is 2. The van der Waals surface area contributed by atoms with E-state index in [1.54, 1.807) is 0 Å². The fourth-order valence-corrected chi connectivity index (χ4v) is 4.53. The molecular weight excluding hydrogens is 473 g/mol. The molecular formula is C23H40IN5. The Morgan fingerprint density at radius 3 is 2.48 bits per heavy atom. The molecule has 6 heteroatoms. The normalized spacial score (nSPS) is 19.4. The summed E-state index contributed by atoms with van der Waals surface area (Å²) in [5.74, 6) is 0.956. The highest BCUT2D eigenvalue weighted by atomic mass is 127. The van der Waals surface area contributed by atoms with E-state index in [2.05, 4.69) is 63.7 Å². The molecule has 3 rings (SSSR count).